The molecule has 1 aromatic heterocycles. The van der Waals surface area contributed by atoms with Crippen LogP contribution in [0.1, 0.15) is 24.1 Å². The van der Waals surface area contributed by atoms with Gasteiger partial charge in [0.1, 0.15) is 17.8 Å². The summed E-state index contributed by atoms with van der Waals surface area (Å²) in [5.41, 5.74) is 0.148. The Morgan fingerprint density at radius 1 is 1.07 bits per heavy atom. The van der Waals surface area contributed by atoms with Crippen molar-refractivity contribution in [1.29, 1.82) is 0 Å². The summed E-state index contributed by atoms with van der Waals surface area (Å²) in [7, 11) is 1.63. The molecule has 0 N–H and O–H groups in total. The summed E-state index contributed by atoms with van der Waals surface area (Å²) in [6, 6.07) is 11.7. The van der Waals surface area contributed by atoms with E-state index >= 15 is 0 Å². The number of ether oxygens (including phenoxy) is 1. The first-order valence-electron chi connectivity index (χ1n) is 9.51. The number of imidazole rings is 1. The molecular weight excluding hydrogens is 388 g/mol. The van der Waals surface area contributed by atoms with Crippen molar-refractivity contribution in [3.63, 3.8) is 0 Å². The van der Waals surface area contributed by atoms with E-state index in [-0.39, 0.29) is 5.92 Å². The van der Waals surface area contributed by atoms with Gasteiger partial charge in [-0.3, -0.25) is 4.89 Å². The molecule has 2 bridgehead atoms. The van der Waals surface area contributed by atoms with Gasteiger partial charge in [0.05, 0.1) is 13.3 Å². The monoisotopic (exact) mass is 406 g/mol. The first kappa shape index (κ1) is 18.4. The Bertz CT molecular complexity index is 1180. The number of fused-ring (bicyclic) bond motifs is 3. The highest BCUT2D eigenvalue weighted by Crippen LogP contribution is 2.52. The zero-order valence-corrected chi connectivity index (χ0v) is 16.1. The van der Waals surface area contributed by atoms with E-state index in [1.54, 1.807) is 13.3 Å². The fourth-order valence-electron chi connectivity index (χ4n) is 3.78. The Hall–Kier alpha value is -3.65. The van der Waals surface area contributed by atoms with Crippen LogP contribution in [0.25, 0.3) is 10.8 Å². The van der Waals surface area contributed by atoms with Crippen LogP contribution in [0.2, 0.25) is 0 Å². The van der Waals surface area contributed by atoms with E-state index < -0.39 is 17.5 Å². The lowest BCUT2D eigenvalue weighted by Crippen LogP contribution is -2.35. The average Bonchev–Trinajstić information content (AvgIpc) is 3.51. The summed E-state index contributed by atoms with van der Waals surface area (Å²) in [5, 5.41) is 1.98. The van der Waals surface area contributed by atoms with E-state index in [0.717, 1.165) is 47.1 Å². The Morgan fingerprint density at radius 3 is 2.63 bits per heavy atom. The number of benzene rings is 2. The van der Waals surface area contributed by atoms with Gasteiger partial charge in [-0.2, -0.15) is 9.62 Å². The van der Waals surface area contributed by atoms with Crippen LogP contribution in [0.5, 0.6) is 5.75 Å². The predicted octanol–water partition coefficient (Wildman–Crippen LogP) is 2.70. The highest BCUT2D eigenvalue weighted by molar-refractivity contribution is 5.91. The molecule has 1 unspecified atom stereocenters. The first-order valence-corrected chi connectivity index (χ1v) is 9.51. The molecule has 1 atom stereocenters. The van der Waals surface area contributed by atoms with E-state index in [9.17, 15) is 9.59 Å². The van der Waals surface area contributed by atoms with Gasteiger partial charge in [0.25, 0.3) is 0 Å². The molecule has 1 aliphatic carbocycles. The molecule has 1 fully saturated rings. The molecule has 2 aromatic carbocycles. The van der Waals surface area contributed by atoms with Crippen LogP contribution in [0.4, 0.5) is 0 Å². The summed E-state index contributed by atoms with van der Waals surface area (Å²) in [4.78, 5) is 44.4. The third-order valence-corrected chi connectivity index (χ3v) is 5.38. The topological polar surface area (TPSA) is 88.9 Å². The van der Waals surface area contributed by atoms with Crippen molar-refractivity contribution >= 4 is 22.7 Å². The van der Waals surface area contributed by atoms with Crippen LogP contribution in [-0.2, 0) is 25.0 Å². The normalized spacial score (nSPS) is 22.7. The molecule has 5 rings (SSSR count). The maximum Gasteiger partial charge on any atom is 0.366 e. The van der Waals surface area contributed by atoms with E-state index in [1.165, 1.54) is 11.1 Å². The molecule has 30 heavy (non-hydrogen) atoms. The second-order valence-corrected chi connectivity index (χ2v) is 7.29. The van der Waals surface area contributed by atoms with E-state index in [1.807, 2.05) is 36.4 Å². The SMILES string of the molecule is COc1ccc2cc(C3(C4CC4)OOC(=O)/C=C/C(=O)On4cnc3c4)ccc2c1. The Kier molecular flexibility index (Phi) is 4.29. The van der Waals surface area contributed by atoms with Gasteiger partial charge in [0, 0.05) is 18.1 Å². The van der Waals surface area contributed by atoms with Crippen molar-refractivity contribution in [2.45, 2.75) is 18.4 Å². The van der Waals surface area contributed by atoms with Crippen LogP contribution in [0, 0.1) is 5.92 Å². The highest BCUT2D eigenvalue weighted by atomic mass is 17.2. The minimum absolute atomic E-state index is 0.0461. The second kappa shape index (κ2) is 7.00. The minimum atomic E-state index is -1.13. The molecule has 0 spiro atoms. The number of rotatable bonds is 3. The maximum absolute atomic E-state index is 12.1. The van der Waals surface area contributed by atoms with E-state index in [4.69, 9.17) is 19.3 Å². The van der Waals surface area contributed by atoms with Crippen molar-refractivity contribution in [1.82, 2.24) is 9.71 Å². The third-order valence-electron chi connectivity index (χ3n) is 5.38. The van der Waals surface area contributed by atoms with Crippen molar-refractivity contribution in [2.24, 2.45) is 5.92 Å². The van der Waals surface area contributed by atoms with E-state index in [0.29, 0.717) is 5.69 Å². The van der Waals surface area contributed by atoms with Gasteiger partial charge in [-0.1, -0.05) is 18.2 Å². The summed E-state index contributed by atoms with van der Waals surface area (Å²) >= 11 is 0. The number of hydrogen-bond acceptors (Lipinski definition) is 7. The van der Waals surface area contributed by atoms with Gasteiger partial charge in [-0.15, -0.1) is 0 Å². The predicted molar refractivity (Wildman–Crippen MR) is 104 cm³/mol. The summed E-state index contributed by atoms with van der Waals surface area (Å²) in [5.74, 6) is -0.723. The van der Waals surface area contributed by atoms with Crippen LogP contribution in [0.15, 0.2) is 61.1 Å². The van der Waals surface area contributed by atoms with Crippen molar-refractivity contribution in [3.8, 4) is 5.75 Å². The number of hydrogen-bond donors (Lipinski definition) is 0. The van der Waals surface area contributed by atoms with Crippen molar-refractivity contribution < 1.29 is 28.9 Å². The molecule has 2 aliphatic rings. The number of aromatic nitrogens is 2. The van der Waals surface area contributed by atoms with Crippen LogP contribution < -0.4 is 9.57 Å². The molecule has 0 amide bonds. The molecule has 152 valence electrons. The molecule has 1 aliphatic heterocycles. The van der Waals surface area contributed by atoms with Gasteiger partial charge in [0.2, 0.25) is 0 Å². The van der Waals surface area contributed by atoms with Crippen molar-refractivity contribution in [3.05, 3.63) is 72.3 Å². The molecule has 0 radical (unpaired) electrons. The van der Waals surface area contributed by atoms with Crippen LogP contribution >= 0.6 is 0 Å². The summed E-state index contributed by atoms with van der Waals surface area (Å²) in [6.45, 7) is 0. The highest BCUT2D eigenvalue weighted by Gasteiger charge is 2.53. The van der Waals surface area contributed by atoms with Crippen LogP contribution in [0.3, 0.4) is 0 Å². The lowest BCUT2D eigenvalue weighted by atomic mass is 9.85. The van der Waals surface area contributed by atoms with Gasteiger partial charge in [-0.25, -0.2) is 14.6 Å². The standard InChI is InChI=1S/C22H18N2O6/c1-27-18-7-3-14-10-17(4-2-15(14)11-18)22(16-5-6-16)19-12-24(13-23-19)28-20(25)8-9-21(26)29-30-22/h2-4,7-13,16H,5-6H2,1H3/b9-8+. The lowest BCUT2D eigenvalue weighted by molar-refractivity contribution is -0.330. The van der Waals surface area contributed by atoms with Gasteiger partial charge in [-0.05, 0) is 47.4 Å². The maximum atomic E-state index is 12.1. The van der Waals surface area contributed by atoms with Gasteiger partial charge < -0.3 is 9.57 Å². The molecule has 2 heterocycles. The molecule has 8 heteroatoms. The zero-order chi connectivity index (χ0) is 20.7. The fraction of sp³-hybridized carbons (Fsp3) is 0.227. The fourth-order valence-corrected chi connectivity index (χ4v) is 3.78. The molecular formula is C22H18N2O6. The number of carbonyl (C=O) groups excluding carboxylic acids is 2. The van der Waals surface area contributed by atoms with E-state index in [2.05, 4.69) is 4.98 Å². The van der Waals surface area contributed by atoms with Gasteiger partial charge >= 0.3 is 11.9 Å². The zero-order valence-electron chi connectivity index (χ0n) is 16.1. The second-order valence-electron chi connectivity index (χ2n) is 7.29. The minimum Gasteiger partial charge on any atom is -0.497 e. The Balaban J connectivity index is 1.67. The largest absolute Gasteiger partial charge is 0.497 e. The first-order chi connectivity index (χ1) is 14.6. The number of methoxy groups -OCH3 is 1. The van der Waals surface area contributed by atoms with Crippen LogP contribution in [-0.4, -0.2) is 28.8 Å². The third kappa shape index (κ3) is 3.11. The Morgan fingerprint density at radius 2 is 1.83 bits per heavy atom. The average molecular weight is 406 g/mol. The number of nitrogens with zero attached hydrogens (tertiary/aromatic N) is 2. The summed E-state index contributed by atoms with van der Waals surface area (Å²) in [6.07, 6.45) is 6.65. The van der Waals surface area contributed by atoms with Gasteiger partial charge in [0.15, 0.2) is 5.60 Å². The molecule has 8 nitrogen and oxygen atoms in total. The quantitative estimate of drug-likeness (QED) is 0.618. The van der Waals surface area contributed by atoms with Crippen molar-refractivity contribution in [2.75, 3.05) is 7.11 Å². The Labute approximate surface area is 171 Å². The lowest BCUT2D eigenvalue weighted by Gasteiger charge is -2.30. The molecule has 0 saturated heterocycles. The number of carbonyl (C=O) groups is 2. The molecule has 1 saturated carbocycles. The summed E-state index contributed by atoms with van der Waals surface area (Å²) < 4.78 is 6.50. The molecule has 3 aromatic rings. The smallest absolute Gasteiger partial charge is 0.366 e.